The minimum Gasteiger partial charge on any atom is -0.408 e. The van der Waals surface area contributed by atoms with Crippen LogP contribution in [0.25, 0.3) is 11.1 Å². The number of nitriles is 1. The Kier molecular flexibility index (Phi) is 3.69. The number of hydrogen-bond acceptors (Lipinski definition) is 4. The summed E-state index contributed by atoms with van der Waals surface area (Å²) in [7, 11) is 1.61. The van der Waals surface area contributed by atoms with E-state index in [0.29, 0.717) is 22.4 Å². The molecule has 0 saturated carbocycles. The monoisotopic (exact) mass is 307 g/mol. The van der Waals surface area contributed by atoms with Crippen molar-refractivity contribution in [1.82, 2.24) is 4.57 Å². The molecule has 23 heavy (non-hydrogen) atoms. The summed E-state index contributed by atoms with van der Waals surface area (Å²) in [6.07, 6.45) is 0.134. The third kappa shape index (κ3) is 2.85. The first-order valence-corrected chi connectivity index (χ1v) is 6.96. The molecule has 114 valence electrons. The third-order valence-corrected chi connectivity index (χ3v) is 3.54. The Bertz CT molecular complexity index is 992. The average molecular weight is 307 g/mol. The van der Waals surface area contributed by atoms with Crippen LogP contribution in [0.5, 0.6) is 0 Å². The van der Waals surface area contributed by atoms with Crippen molar-refractivity contribution in [3.63, 3.8) is 0 Å². The van der Waals surface area contributed by atoms with Gasteiger partial charge in [-0.25, -0.2) is 4.79 Å². The molecule has 6 nitrogen and oxygen atoms in total. The number of aryl methyl sites for hydroxylation is 1. The van der Waals surface area contributed by atoms with E-state index in [1.807, 2.05) is 6.07 Å². The van der Waals surface area contributed by atoms with E-state index in [4.69, 9.17) is 9.68 Å². The molecule has 0 bridgehead atoms. The molecule has 0 spiro atoms. The van der Waals surface area contributed by atoms with Crippen molar-refractivity contribution < 1.29 is 9.21 Å². The van der Waals surface area contributed by atoms with E-state index in [9.17, 15) is 9.59 Å². The standard InChI is InChI=1S/C17H13N3O3/c1-20-14-8-11(6-7-15(14)23-17(20)22)9-16(21)19-13-5-3-2-4-12(13)10-18/h2-8H,9H2,1H3,(H,19,21). The van der Waals surface area contributed by atoms with Crippen LogP contribution in [0, 0.1) is 11.3 Å². The van der Waals surface area contributed by atoms with Crippen LogP contribution in [0.2, 0.25) is 0 Å². The highest BCUT2D eigenvalue weighted by molar-refractivity contribution is 5.94. The minimum atomic E-state index is -0.440. The number of para-hydroxylation sites is 1. The molecule has 0 unspecified atom stereocenters. The van der Waals surface area contributed by atoms with Crippen LogP contribution in [-0.4, -0.2) is 10.5 Å². The second-order valence-electron chi connectivity index (χ2n) is 5.11. The quantitative estimate of drug-likeness (QED) is 0.803. The zero-order valence-corrected chi connectivity index (χ0v) is 12.4. The number of nitrogens with one attached hydrogen (secondary N) is 1. The second kappa shape index (κ2) is 5.81. The summed E-state index contributed by atoms with van der Waals surface area (Å²) in [5, 5.41) is 11.8. The van der Waals surface area contributed by atoms with Gasteiger partial charge in [0.25, 0.3) is 0 Å². The van der Waals surface area contributed by atoms with Gasteiger partial charge in [-0.05, 0) is 29.8 Å². The zero-order valence-electron chi connectivity index (χ0n) is 12.4. The zero-order chi connectivity index (χ0) is 16.4. The Balaban J connectivity index is 1.82. The molecule has 1 aromatic heterocycles. The van der Waals surface area contributed by atoms with Crippen molar-refractivity contribution in [1.29, 1.82) is 5.26 Å². The summed E-state index contributed by atoms with van der Waals surface area (Å²) in [6, 6.07) is 14.0. The van der Waals surface area contributed by atoms with Gasteiger partial charge in [0.05, 0.1) is 23.2 Å². The second-order valence-corrected chi connectivity index (χ2v) is 5.11. The number of carbonyl (C=O) groups excluding carboxylic acids is 1. The summed E-state index contributed by atoms with van der Waals surface area (Å²) in [4.78, 5) is 23.6. The number of fused-ring (bicyclic) bond motifs is 1. The molecule has 3 rings (SSSR count). The lowest BCUT2D eigenvalue weighted by Crippen LogP contribution is -2.15. The van der Waals surface area contributed by atoms with Gasteiger partial charge in [0.1, 0.15) is 6.07 Å². The molecule has 1 amide bonds. The van der Waals surface area contributed by atoms with Gasteiger partial charge in [-0.2, -0.15) is 5.26 Å². The maximum atomic E-state index is 12.2. The van der Waals surface area contributed by atoms with Crippen LogP contribution in [0.4, 0.5) is 5.69 Å². The topological polar surface area (TPSA) is 88.0 Å². The van der Waals surface area contributed by atoms with E-state index in [1.54, 1.807) is 49.5 Å². The fourth-order valence-corrected chi connectivity index (χ4v) is 2.35. The average Bonchev–Trinajstić information content (AvgIpc) is 2.83. The van der Waals surface area contributed by atoms with Crippen LogP contribution in [0.3, 0.4) is 0 Å². The molecule has 0 aliphatic rings. The first-order chi connectivity index (χ1) is 11.1. The van der Waals surface area contributed by atoms with Crippen molar-refractivity contribution in [3.05, 3.63) is 64.1 Å². The van der Waals surface area contributed by atoms with Crippen LogP contribution in [-0.2, 0) is 18.3 Å². The van der Waals surface area contributed by atoms with E-state index in [-0.39, 0.29) is 12.3 Å². The number of hydrogen-bond donors (Lipinski definition) is 1. The van der Waals surface area contributed by atoms with Crippen LogP contribution in [0.15, 0.2) is 51.7 Å². The van der Waals surface area contributed by atoms with Crippen LogP contribution >= 0.6 is 0 Å². The van der Waals surface area contributed by atoms with Gasteiger partial charge in [0.15, 0.2) is 5.58 Å². The molecule has 0 saturated heterocycles. The highest BCUT2D eigenvalue weighted by atomic mass is 16.4. The fourth-order valence-electron chi connectivity index (χ4n) is 2.35. The van der Waals surface area contributed by atoms with E-state index in [0.717, 1.165) is 5.56 Å². The molecule has 1 N–H and O–H groups in total. The van der Waals surface area contributed by atoms with Gasteiger partial charge in [0, 0.05) is 7.05 Å². The number of benzene rings is 2. The third-order valence-electron chi connectivity index (χ3n) is 3.54. The number of aromatic nitrogens is 1. The van der Waals surface area contributed by atoms with Gasteiger partial charge >= 0.3 is 5.76 Å². The van der Waals surface area contributed by atoms with Gasteiger partial charge in [-0.15, -0.1) is 0 Å². The lowest BCUT2D eigenvalue weighted by molar-refractivity contribution is -0.115. The van der Waals surface area contributed by atoms with Crippen LogP contribution < -0.4 is 11.1 Å². The molecule has 6 heteroatoms. The first kappa shape index (κ1) is 14.6. The molecule has 0 aliphatic carbocycles. The molecule has 0 atom stereocenters. The number of amides is 1. The van der Waals surface area contributed by atoms with Crippen LogP contribution in [0.1, 0.15) is 11.1 Å². The Morgan fingerprint density at radius 1 is 1.30 bits per heavy atom. The number of anilines is 1. The maximum absolute atomic E-state index is 12.2. The summed E-state index contributed by atoms with van der Waals surface area (Å²) in [5.74, 6) is -0.676. The summed E-state index contributed by atoms with van der Waals surface area (Å²) < 4.78 is 6.45. The first-order valence-electron chi connectivity index (χ1n) is 6.96. The van der Waals surface area contributed by atoms with Crippen molar-refractivity contribution in [3.8, 4) is 6.07 Å². The molecule has 0 aliphatic heterocycles. The predicted octanol–water partition coefficient (Wildman–Crippen LogP) is 2.18. The molecule has 1 heterocycles. The predicted molar refractivity (Wildman–Crippen MR) is 84.9 cm³/mol. The van der Waals surface area contributed by atoms with Crippen molar-refractivity contribution in [2.24, 2.45) is 7.05 Å². The van der Waals surface area contributed by atoms with E-state index in [1.165, 1.54) is 4.57 Å². The smallest absolute Gasteiger partial charge is 0.408 e. The Morgan fingerprint density at radius 3 is 2.87 bits per heavy atom. The molecule has 0 radical (unpaired) electrons. The van der Waals surface area contributed by atoms with Gasteiger partial charge in [0.2, 0.25) is 5.91 Å². The van der Waals surface area contributed by atoms with E-state index in [2.05, 4.69) is 5.32 Å². The summed E-state index contributed by atoms with van der Waals surface area (Å²) >= 11 is 0. The summed E-state index contributed by atoms with van der Waals surface area (Å²) in [6.45, 7) is 0. The highest BCUT2D eigenvalue weighted by Crippen LogP contribution is 2.17. The van der Waals surface area contributed by atoms with Gasteiger partial charge in [-0.1, -0.05) is 18.2 Å². The Hall–Kier alpha value is -3.33. The van der Waals surface area contributed by atoms with E-state index >= 15 is 0 Å². The number of oxazole rings is 1. The normalized spacial score (nSPS) is 10.4. The SMILES string of the molecule is Cn1c(=O)oc2ccc(CC(=O)Nc3ccccc3C#N)cc21. The highest BCUT2D eigenvalue weighted by Gasteiger charge is 2.10. The summed E-state index contributed by atoms with van der Waals surface area (Å²) in [5.41, 5.74) is 2.76. The number of carbonyl (C=O) groups is 1. The Labute approximate surface area is 131 Å². The van der Waals surface area contributed by atoms with Crippen molar-refractivity contribution in [2.75, 3.05) is 5.32 Å². The molecular weight excluding hydrogens is 294 g/mol. The van der Waals surface area contributed by atoms with Crippen molar-refractivity contribution >= 4 is 22.7 Å². The molecular formula is C17H13N3O3. The van der Waals surface area contributed by atoms with E-state index < -0.39 is 5.76 Å². The van der Waals surface area contributed by atoms with Gasteiger partial charge in [-0.3, -0.25) is 9.36 Å². The molecule has 2 aromatic carbocycles. The fraction of sp³-hybridized carbons (Fsp3) is 0.118. The van der Waals surface area contributed by atoms with Gasteiger partial charge < -0.3 is 9.73 Å². The maximum Gasteiger partial charge on any atom is 0.419 e. The minimum absolute atomic E-state index is 0.134. The Morgan fingerprint density at radius 2 is 2.09 bits per heavy atom. The largest absolute Gasteiger partial charge is 0.419 e. The molecule has 3 aromatic rings. The van der Waals surface area contributed by atoms with Crippen molar-refractivity contribution in [2.45, 2.75) is 6.42 Å². The molecule has 0 fully saturated rings. The number of nitrogens with zero attached hydrogens (tertiary/aromatic N) is 2. The lowest BCUT2D eigenvalue weighted by Gasteiger charge is -2.07. The lowest BCUT2D eigenvalue weighted by atomic mass is 10.1. The number of rotatable bonds is 3.